The first-order valence-corrected chi connectivity index (χ1v) is 11.6. The molecule has 0 unspecified atom stereocenters. The van der Waals surface area contributed by atoms with Crippen molar-refractivity contribution >= 4 is 35.1 Å². The molecule has 0 N–H and O–H groups in total. The van der Waals surface area contributed by atoms with Crippen LogP contribution in [0.4, 0.5) is 4.39 Å². The topological polar surface area (TPSA) is 76.3 Å². The van der Waals surface area contributed by atoms with Crippen LogP contribution in [0.5, 0.6) is 0 Å². The summed E-state index contributed by atoms with van der Waals surface area (Å²) in [5.41, 5.74) is -0.255. The Morgan fingerprint density at radius 2 is 1.94 bits per heavy atom. The molecule has 1 aliphatic rings. The number of ketones is 1. The summed E-state index contributed by atoms with van der Waals surface area (Å²) < 4.78 is 19.5. The molecule has 6 nitrogen and oxygen atoms in total. The molecule has 32 heavy (non-hydrogen) atoms. The fourth-order valence-electron chi connectivity index (χ4n) is 4.07. The molecule has 1 fully saturated rings. The number of benzene rings is 2. The molecule has 3 aromatic rings. The summed E-state index contributed by atoms with van der Waals surface area (Å²) in [6.07, 6.45) is 2.52. The molecular weight excluding hydrogens is 453 g/mol. The van der Waals surface area contributed by atoms with E-state index in [2.05, 4.69) is 10.2 Å². The molecule has 1 amide bonds. The van der Waals surface area contributed by atoms with Crippen LogP contribution in [-0.4, -0.2) is 39.6 Å². The first-order chi connectivity index (χ1) is 15.4. The fourth-order valence-corrected chi connectivity index (χ4v) is 5.04. The number of nitrogens with zero attached hydrogens (tertiary/aromatic N) is 3. The van der Waals surface area contributed by atoms with Crippen molar-refractivity contribution in [1.29, 1.82) is 0 Å². The average molecular weight is 474 g/mol. The predicted octanol–water partition coefficient (Wildman–Crippen LogP) is 5.12. The smallest absolute Gasteiger partial charge is 0.277 e. The van der Waals surface area contributed by atoms with E-state index in [-0.39, 0.29) is 34.1 Å². The molecule has 0 spiro atoms. The first kappa shape index (κ1) is 22.5. The number of carbonyl (C=O) groups is 2. The lowest BCUT2D eigenvalue weighted by molar-refractivity contribution is -0.146. The lowest BCUT2D eigenvalue weighted by atomic mass is 9.74. The maximum absolute atomic E-state index is 13.9. The van der Waals surface area contributed by atoms with E-state index in [0.29, 0.717) is 23.4 Å². The van der Waals surface area contributed by atoms with Crippen LogP contribution in [0.1, 0.15) is 31.2 Å². The Bertz CT molecular complexity index is 1150. The summed E-state index contributed by atoms with van der Waals surface area (Å²) in [5, 5.41) is 8.38. The van der Waals surface area contributed by atoms with E-state index in [4.69, 9.17) is 16.0 Å². The van der Waals surface area contributed by atoms with Gasteiger partial charge in [0.25, 0.3) is 11.1 Å². The van der Waals surface area contributed by atoms with Gasteiger partial charge in [-0.05, 0) is 37.5 Å². The molecule has 0 saturated heterocycles. The number of hydrogen-bond acceptors (Lipinski definition) is 6. The van der Waals surface area contributed by atoms with Crippen LogP contribution in [0.25, 0.3) is 11.5 Å². The van der Waals surface area contributed by atoms with E-state index < -0.39 is 11.4 Å². The van der Waals surface area contributed by atoms with E-state index in [1.807, 2.05) is 6.07 Å². The minimum atomic E-state index is -1.10. The maximum atomic E-state index is 13.9. The number of carbonyl (C=O) groups excluding carboxylic acids is 2. The second kappa shape index (κ2) is 9.42. The highest BCUT2D eigenvalue weighted by molar-refractivity contribution is 7.99. The zero-order valence-corrected chi connectivity index (χ0v) is 19.0. The van der Waals surface area contributed by atoms with Gasteiger partial charge in [-0.1, -0.05) is 53.7 Å². The van der Waals surface area contributed by atoms with Gasteiger partial charge in [-0.25, -0.2) is 4.39 Å². The first-order valence-electron chi connectivity index (χ1n) is 10.2. The Kier molecular flexibility index (Phi) is 6.62. The Morgan fingerprint density at radius 3 is 2.69 bits per heavy atom. The van der Waals surface area contributed by atoms with Gasteiger partial charge < -0.3 is 9.32 Å². The molecule has 9 heteroatoms. The van der Waals surface area contributed by atoms with Crippen molar-refractivity contribution in [3.8, 4) is 11.5 Å². The van der Waals surface area contributed by atoms with Crippen molar-refractivity contribution in [2.75, 3.05) is 12.8 Å². The largest absolute Gasteiger partial charge is 0.411 e. The average Bonchev–Trinajstić information content (AvgIpc) is 3.27. The van der Waals surface area contributed by atoms with Gasteiger partial charge in [0.2, 0.25) is 5.91 Å². The van der Waals surface area contributed by atoms with Gasteiger partial charge >= 0.3 is 0 Å². The van der Waals surface area contributed by atoms with Crippen LogP contribution in [0.2, 0.25) is 5.02 Å². The van der Waals surface area contributed by atoms with Crippen molar-refractivity contribution in [1.82, 2.24) is 15.1 Å². The van der Waals surface area contributed by atoms with Gasteiger partial charge in [0.1, 0.15) is 11.4 Å². The van der Waals surface area contributed by atoms with Gasteiger partial charge in [0.05, 0.1) is 11.3 Å². The van der Waals surface area contributed by atoms with Crippen LogP contribution in [0.15, 0.2) is 58.2 Å². The van der Waals surface area contributed by atoms with E-state index >= 15 is 0 Å². The highest BCUT2D eigenvalue weighted by Gasteiger charge is 2.47. The third kappa shape index (κ3) is 4.17. The summed E-state index contributed by atoms with van der Waals surface area (Å²) in [5.74, 6) is -0.731. The van der Waals surface area contributed by atoms with E-state index in [9.17, 15) is 14.0 Å². The zero-order valence-electron chi connectivity index (χ0n) is 17.4. The number of hydrogen-bond donors (Lipinski definition) is 0. The predicted molar refractivity (Wildman–Crippen MR) is 120 cm³/mol. The molecule has 1 aromatic heterocycles. The van der Waals surface area contributed by atoms with Gasteiger partial charge in [-0.3, -0.25) is 9.59 Å². The zero-order chi connectivity index (χ0) is 22.7. The molecular formula is C23H21ClFN3O3S. The van der Waals surface area contributed by atoms with Gasteiger partial charge in [0.15, 0.2) is 5.78 Å². The molecule has 1 atom stereocenters. The Labute approximate surface area is 194 Å². The number of Topliss-reactive ketones (excluding diaryl/α,β-unsaturated/α-hetero) is 1. The SMILES string of the molecule is CN(C(=O)CSc1nnc(-c2ccccc2F)o1)[C@]1(c2ccccc2Cl)CCCCC1=O. The van der Waals surface area contributed by atoms with Crippen molar-refractivity contribution in [2.45, 2.75) is 36.4 Å². The number of halogens is 2. The third-order valence-electron chi connectivity index (χ3n) is 5.75. The summed E-state index contributed by atoms with van der Waals surface area (Å²) in [6, 6.07) is 13.2. The van der Waals surface area contributed by atoms with Crippen LogP contribution in [0, 0.1) is 5.82 Å². The summed E-state index contributed by atoms with van der Waals surface area (Å²) >= 11 is 7.49. The molecule has 1 heterocycles. The van der Waals surface area contributed by atoms with E-state index in [0.717, 1.165) is 24.6 Å². The standard InChI is InChI=1S/C23H21ClFN3O3S/c1-28(23(13-7-6-12-19(23)29)16-9-3-4-10-17(16)24)20(30)14-32-22-27-26-21(31-22)15-8-2-5-11-18(15)25/h2-5,8-11H,6-7,12-14H2,1H3/t23-/m0/s1. The van der Waals surface area contributed by atoms with Gasteiger partial charge in [-0.2, -0.15) is 0 Å². The normalized spacial score (nSPS) is 18.5. The highest BCUT2D eigenvalue weighted by Crippen LogP contribution is 2.42. The number of likely N-dealkylation sites (N-methyl/N-ethyl adjacent to an activating group) is 1. The number of aromatic nitrogens is 2. The number of amides is 1. The van der Waals surface area contributed by atoms with Crippen molar-refractivity contribution in [3.05, 3.63) is 64.9 Å². The van der Waals surface area contributed by atoms with Crippen molar-refractivity contribution < 1.29 is 18.4 Å². The van der Waals surface area contributed by atoms with Crippen LogP contribution in [-0.2, 0) is 15.1 Å². The second-order valence-electron chi connectivity index (χ2n) is 7.56. The highest BCUT2D eigenvalue weighted by atomic mass is 35.5. The van der Waals surface area contributed by atoms with E-state index in [1.165, 1.54) is 17.0 Å². The quantitative estimate of drug-likeness (QED) is 0.462. The molecule has 1 saturated carbocycles. The minimum Gasteiger partial charge on any atom is -0.411 e. The summed E-state index contributed by atoms with van der Waals surface area (Å²) in [7, 11) is 1.63. The molecule has 2 aromatic carbocycles. The van der Waals surface area contributed by atoms with E-state index in [1.54, 1.807) is 37.4 Å². The number of thioether (sulfide) groups is 1. The molecule has 0 bridgehead atoms. The lowest BCUT2D eigenvalue weighted by Gasteiger charge is -2.44. The molecule has 4 rings (SSSR count). The van der Waals surface area contributed by atoms with Crippen molar-refractivity contribution in [2.24, 2.45) is 0 Å². The Balaban J connectivity index is 1.53. The molecule has 166 valence electrons. The number of rotatable bonds is 6. The molecule has 1 aliphatic carbocycles. The van der Waals surface area contributed by atoms with Crippen molar-refractivity contribution in [3.63, 3.8) is 0 Å². The van der Waals surface area contributed by atoms with Gasteiger partial charge in [-0.15, -0.1) is 10.2 Å². The third-order valence-corrected chi connectivity index (χ3v) is 6.88. The van der Waals surface area contributed by atoms with Crippen LogP contribution >= 0.6 is 23.4 Å². The second-order valence-corrected chi connectivity index (χ2v) is 8.90. The molecule has 0 aliphatic heterocycles. The monoisotopic (exact) mass is 473 g/mol. The van der Waals surface area contributed by atoms with Gasteiger partial charge in [0, 0.05) is 24.1 Å². The van der Waals surface area contributed by atoms with Crippen LogP contribution < -0.4 is 0 Å². The Morgan fingerprint density at radius 1 is 1.19 bits per heavy atom. The lowest BCUT2D eigenvalue weighted by Crippen LogP contribution is -2.54. The minimum absolute atomic E-state index is 0.0164. The summed E-state index contributed by atoms with van der Waals surface area (Å²) in [6.45, 7) is 0. The maximum Gasteiger partial charge on any atom is 0.277 e. The summed E-state index contributed by atoms with van der Waals surface area (Å²) in [4.78, 5) is 27.8. The Hall–Kier alpha value is -2.71. The fraction of sp³-hybridized carbons (Fsp3) is 0.304. The van der Waals surface area contributed by atoms with Crippen LogP contribution in [0.3, 0.4) is 0 Å². The molecule has 0 radical (unpaired) electrons.